The smallest absolute Gasteiger partial charge is 0.234 e. The fourth-order valence-electron chi connectivity index (χ4n) is 2.41. The number of fused-ring (bicyclic) bond motifs is 1. The lowest BCUT2D eigenvalue weighted by Crippen LogP contribution is -2.39. The normalized spacial score (nSPS) is 19.2. The van der Waals surface area contributed by atoms with Crippen molar-refractivity contribution in [2.75, 3.05) is 37.7 Å². The molecule has 0 bridgehead atoms. The van der Waals surface area contributed by atoms with E-state index in [0.29, 0.717) is 13.2 Å². The molecule has 1 aromatic heterocycles. The molecule has 2 aliphatic rings. The number of ether oxygens (including phenoxy) is 1. The van der Waals surface area contributed by atoms with Crippen LogP contribution in [0.25, 0.3) is 0 Å². The number of hydrogen-bond donors (Lipinski definition) is 1. The maximum absolute atomic E-state index is 9.03. The molecule has 1 saturated heterocycles. The molecule has 94 valence electrons. The minimum atomic E-state index is 0.275. The van der Waals surface area contributed by atoms with Crippen LogP contribution in [0.5, 0.6) is 0 Å². The van der Waals surface area contributed by atoms with E-state index in [2.05, 4.69) is 26.3 Å². The van der Waals surface area contributed by atoms with Crippen LogP contribution < -0.4 is 10.2 Å². The summed E-state index contributed by atoms with van der Waals surface area (Å²) < 4.78 is 5.36. The van der Waals surface area contributed by atoms with Gasteiger partial charge < -0.3 is 15.0 Å². The predicted molar refractivity (Wildman–Crippen MR) is 65.2 cm³/mol. The highest BCUT2D eigenvalue weighted by Crippen LogP contribution is 2.24. The second-order valence-corrected chi connectivity index (χ2v) is 4.43. The Morgan fingerprint density at radius 1 is 1.28 bits per heavy atom. The first-order valence-corrected chi connectivity index (χ1v) is 6.22. The predicted octanol–water partition coefficient (Wildman–Crippen LogP) is -0.169. The van der Waals surface area contributed by atoms with Gasteiger partial charge in [-0.1, -0.05) is 0 Å². The summed E-state index contributed by atoms with van der Waals surface area (Å²) in [6.45, 7) is 4.79. The van der Waals surface area contributed by atoms with E-state index >= 15 is 0 Å². The third-order valence-electron chi connectivity index (χ3n) is 3.32. The molecule has 0 aliphatic carbocycles. The average Bonchev–Trinajstić information content (AvgIpc) is 2.47. The Balaban J connectivity index is 2.03. The van der Waals surface area contributed by atoms with Crippen molar-refractivity contribution < 1.29 is 4.74 Å². The average molecular weight is 245 g/mol. The van der Waals surface area contributed by atoms with Gasteiger partial charge in [0.1, 0.15) is 11.9 Å². The third kappa shape index (κ3) is 2.03. The van der Waals surface area contributed by atoms with Crippen LogP contribution in [0.1, 0.15) is 17.1 Å². The van der Waals surface area contributed by atoms with Gasteiger partial charge >= 0.3 is 0 Å². The van der Waals surface area contributed by atoms with Gasteiger partial charge in [-0.05, 0) is 0 Å². The van der Waals surface area contributed by atoms with Crippen molar-refractivity contribution in [1.82, 2.24) is 15.3 Å². The first-order chi connectivity index (χ1) is 8.88. The van der Waals surface area contributed by atoms with Gasteiger partial charge in [0.25, 0.3) is 0 Å². The first kappa shape index (κ1) is 11.4. The molecule has 1 fully saturated rings. The standard InChI is InChI=1S/C12H15N5O/c13-7-11-15-10-1-2-14-8-9(10)12(16-11)17-3-5-18-6-4-17/h14H,1-6,8H2. The Kier molecular flexibility index (Phi) is 3.09. The lowest BCUT2D eigenvalue weighted by molar-refractivity contribution is 0.122. The van der Waals surface area contributed by atoms with E-state index in [1.807, 2.05) is 0 Å². The number of aromatic nitrogens is 2. The van der Waals surface area contributed by atoms with Crippen LogP contribution in [0.3, 0.4) is 0 Å². The van der Waals surface area contributed by atoms with Crippen LogP contribution in [0, 0.1) is 11.3 Å². The third-order valence-corrected chi connectivity index (χ3v) is 3.32. The molecule has 0 amide bonds. The van der Waals surface area contributed by atoms with Gasteiger partial charge in [-0.25, -0.2) is 9.97 Å². The van der Waals surface area contributed by atoms with Gasteiger partial charge in [-0.2, -0.15) is 5.26 Å². The van der Waals surface area contributed by atoms with Gasteiger partial charge in [-0.15, -0.1) is 0 Å². The van der Waals surface area contributed by atoms with Gasteiger partial charge in [0.2, 0.25) is 5.82 Å². The Labute approximate surface area is 106 Å². The van der Waals surface area contributed by atoms with Crippen molar-refractivity contribution in [2.45, 2.75) is 13.0 Å². The van der Waals surface area contributed by atoms with Crippen LogP contribution in [0.4, 0.5) is 5.82 Å². The number of nitriles is 1. The quantitative estimate of drug-likeness (QED) is 0.740. The highest BCUT2D eigenvalue weighted by Gasteiger charge is 2.22. The molecule has 1 N–H and O–H groups in total. The Hall–Kier alpha value is -1.71. The zero-order valence-corrected chi connectivity index (χ0v) is 10.1. The van der Waals surface area contributed by atoms with E-state index in [1.54, 1.807) is 0 Å². The summed E-state index contributed by atoms with van der Waals surface area (Å²) in [4.78, 5) is 10.9. The van der Waals surface area contributed by atoms with E-state index in [4.69, 9.17) is 10.00 Å². The summed E-state index contributed by atoms with van der Waals surface area (Å²) in [5.74, 6) is 1.18. The number of anilines is 1. The van der Waals surface area contributed by atoms with Gasteiger partial charge in [-0.3, -0.25) is 0 Å². The maximum Gasteiger partial charge on any atom is 0.234 e. The lowest BCUT2D eigenvalue weighted by atomic mass is 10.1. The highest BCUT2D eigenvalue weighted by atomic mass is 16.5. The minimum Gasteiger partial charge on any atom is -0.378 e. The lowest BCUT2D eigenvalue weighted by Gasteiger charge is -2.31. The van der Waals surface area contributed by atoms with Crippen molar-refractivity contribution >= 4 is 5.82 Å². The number of nitrogens with zero attached hydrogens (tertiary/aromatic N) is 4. The molecule has 2 aliphatic heterocycles. The van der Waals surface area contributed by atoms with E-state index in [0.717, 1.165) is 49.7 Å². The molecule has 0 spiro atoms. The zero-order chi connectivity index (χ0) is 12.4. The Morgan fingerprint density at radius 3 is 2.89 bits per heavy atom. The van der Waals surface area contributed by atoms with Crippen molar-refractivity contribution in [2.24, 2.45) is 0 Å². The molecule has 6 heteroatoms. The molecule has 3 rings (SSSR count). The highest BCUT2D eigenvalue weighted by molar-refractivity contribution is 5.51. The molecule has 18 heavy (non-hydrogen) atoms. The fraction of sp³-hybridized carbons (Fsp3) is 0.583. The fourth-order valence-corrected chi connectivity index (χ4v) is 2.41. The summed E-state index contributed by atoms with van der Waals surface area (Å²) in [6, 6.07) is 2.06. The van der Waals surface area contributed by atoms with Crippen LogP contribution >= 0.6 is 0 Å². The summed E-state index contributed by atoms with van der Waals surface area (Å²) in [5, 5.41) is 12.4. The van der Waals surface area contributed by atoms with Crippen molar-refractivity contribution in [3.63, 3.8) is 0 Å². The first-order valence-electron chi connectivity index (χ1n) is 6.22. The largest absolute Gasteiger partial charge is 0.378 e. The van der Waals surface area contributed by atoms with E-state index in [1.165, 1.54) is 0 Å². The molecular formula is C12H15N5O. The molecule has 0 unspecified atom stereocenters. The maximum atomic E-state index is 9.03. The molecule has 1 aromatic rings. The number of nitrogens with one attached hydrogen (secondary N) is 1. The van der Waals surface area contributed by atoms with Crippen molar-refractivity contribution in [3.05, 3.63) is 17.1 Å². The second kappa shape index (κ2) is 4.88. The summed E-state index contributed by atoms with van der Waals surface area (Å²) in [6.07, 6.45) is 0.865. The number of morpholine rings is 1. The summed E-state index contributed by atoms with van der Waals surface area (Å²) >= 11 is 0. The second-order valence-electron chi connectivity index (χ2n) is 4.43. The molecule has 6 nitrogen and oxygen atoms in total. The molecular weight excluding hydrogens is 230 g/mol. The SMILES string of the molecule is N#Cc1nc2c(c(N3CCOCC3)n1)CNCC2. The van der Waals surface area contributed by atoms with E-state index in [9.17, 15) is 0 Å². The van der Waals surface area contributed by atoms with Crippen LogP contribution in [-0.4, -0.2) is 42.8 Å². The van der Waals surface area contributed by atoms with Crippen molar-refractivity contribution in [1.29, 1.82) is 5.26 Å². The number of rotatable bonds is 1. The van der Waals surface area contributed by atoms with Crippen LogP contribution in [0.2, 0.25) is 0 Å². The molecule has 0 aromatic carbocycles. The van der Waals surface area contributed by atoms with Gasteiger partial charge in [0, 0.05) is 38.2 Å². The number of hydrogen-bond acceptors (Lipinski definition) is 6. The zero-order valence-electron chi connectivity index (χ0n) is 10.1. The van der Waals surface area contributed by atoms with Gasteiger partial charge in [0.15, 0.2) is 0 Å². The van der Waals surface area contributed by atoms with Crippen molar-refractivity contribution in [3.8, 4) is 6.07 Å². The topological polar surface area (TPSA) is 74.1 Å². The molecule has 3 heterocycles. The molecule has 0 saturated carbocycles. The summed E-state index contributed by atoms with van der Waals surface area (Å²) in [5.41, 5.74) is 2.16. The Morgan fingerprint density at radius 2 is 2.11 bits per heavy atom. The van der Waals surface area contributed by atoms with E-state index < -0.39 is 0 Å². The minimum absolute atomic E-state index is 0.275. The molecule has 0 atom stereocenters. The monoisotopic (exact) mass is 245 g/mol. The van der Waals surface area contributed by atoms with Crippen LogP contribution in [0.15, 0.2) is 0 Å². The van der Waals surface area contributed by atoms with Crippen LogP contribution in [-0.2, 0) is 17.7 Å². The Bertz CT molecular complexity index is 490. The molecule has 0 radical (unpaired) electrons. The van der Waals surface area contributed by atoms with Gasteiger partial charge in [0.05, 0.1) is 18.9 Å². The summed E-state index contributed by atoms with van der Waals surface area (Å²) in [7, 11) is 0. The van der Waals surface area contributed by atoms with E-state index in [-0.39, 0.29) is 5.82 Å².